The lowest BCUT2D eigenvalue weighted by Gasteiger charge is -2.42. The van der Waals surface area contributed by atoms with Gasteiger partial charge < -0.3 is 10.4 Å². The zero-order chi connectivity index (χ0) is 15.2. The number of carbonyl (C=O) groups excluding carboxylic acids is 1. The van der Waals surface area contributed by atoms with Crippen molar-refractivity contribution in [3.8, 4) is 0 Å². The van der Waals surface area contributed by atoms with Gasteiger partial charge in [0.05, 0.1) is 6.54 Å². The molecule has 5 heteroatoms. The Morgan fingerprint density at radius 1 is 1.33 bits per heavy atom. The van der Waals surface area contributed by atoms with Gasteiger partial charge in [-0.25, -0.2) is 0 Å². The summed E-state index contributed by atoms with van der Waals surface area (Å²) in [5.41, 5.74) is 0. The Bertz CT molecular complexity index is 387. The van der Waals surface area contributed by atoms with Crippen LogP contribution in [0.2, 0.25) is 0 Å². The van der Waals surface area contributed by atoms with Crippen LogP contribution in [0.15, 0.2) is 12.7 Å². The number of rotatable bonds is 10. The minimum Gasteiger partial charge on any atom is -0.480 e. The number of amides is 1. The van der Waals surface area contributed by atoms with Crippen molar-refractivity contribution in [2.45, 2.75) is 57.0 Å². The van der Waals surface area contributed by atoms with E-state index in [2.05, 4.69) is 16.8 Å². The second-order valence-corrected chi connectivity index (χ2v) is 6.34. The Kier molecular flexibility index (Phi) is 5.79. The molecule has 2 aliphatic carbocycles. The van der Waals surface area contributed by atoms with Gasteiger partial charge >= 0.3 is 5.97 Å². The van der Waals surface area contributed by atoms with Crippen molar-refractivity contribution >= 4 is 11.9 Å². The van der Waals surface area contributed by atoms with Gasteiger partial charge in [0.2, 0.25) is 5.91 Å². The van der Waals surface area contributed by atoms with E-state index < -0.39 is 5.97 Å². The molecule has 0 atom stereocenters. The van der Waals surface area contributed by atoms with E-state index in [0.29, 0.717) is 18.4 Å². The van der Waals surface area contributed by atoms with Crippen LogP contribution in [-0.2, 0) is 9.59 Å². The minimum absolute atomic E-state index is 0.104. The molecule has 118 valence electrons. The zero-order valence-electron chi connectivity index (χ0n) is 12.6. The van der Waals surface area contributed by atoms with Crippen molar-refractivity contribution in [1.82, 2.24) is 10.2 Å². The van der Waals surface area contributed by atoms with E-state index >= 15 is 0 Å². The summed E-state index contributed by atoms with van der Waals surface area (Å²) in [6.45, 7) is 4.67. The lowest BCUT2D eigenvalue weighted by molar-refractivity contribution is -0.140. The van der Waals surface area contributed by atoms with E-state index in [0.717, 1.165) is 32.2 Å². The molecule has 5 nitrogen and oxygen atoms in total. The van der Waals surface area contributed by atoms with Gasteiger partial charge in [-0.05, 0) is 44.4 Å². The van der Waals surface area contributed by atoms with Gasteiger partial charge in [-0.2, -0.15) is 0 Å². The fraction of sp³-hybridized carbons (Fsp3) is 0.750. The Hall–Kier alpha value is -1.36. The quantitative estimate of drug-likeness (QED) is 0.476. The summed E-state index contributed by atoms with van der Waals surface area (Å²) in [7, 11) is 0. The monoisotopic (exact) mass is 294 g/mol. The molecular weight excluding hydrogens is 268 g/mol. The van der Waals surface area contributed by atoms with Crippen LogP contribution in [-0.4, -0.2) is 47.1 Å². The number of carboxylic acids is 1. The average molecular weight is 294 g/mol. The maximum Gasteiger partial charge on any atom is 0.317 e. The summed E-state index contributed by atoms with van der Waals surface area (Å²) < 4.78 is 0. The van der Waals surface area contributed by atoms with Gasteiger partial charge in [-0.3, -0.25) is 14.5 Å². The summed E-state index contributed by atoms with van der Waals surface area (Å²) in [5.74, 6) is 0.0386. The molecular formula is C16H26N2O3. The second-order valence-electron chi connectivity index (χ2n) is 6.34. The summed E-state index contributed by atoms with van der Waals surface area (Å²) in [6.07, 6.45) is 8.31. The molecule has 2 aliphatic rings. The smallest absolute Gasteiger partial charge is 0.317 e. The maximum absolute atomic E-state index is 11.7. The van der Waals surface area contributed by atoms with E-state index in [1.807, 2.05) is 6.08 Å². The van der Waals surface area contributed by atoms with Crippen molar-refractivity contribution in [3.63, 3.8) is 0 Å². The number of carbonyl (C=O) groups is 2. The van der Waals surface area contributed by atoms with Crippen molar-refractivity contribution in [2.24, 2.45) is 5.92 Å². The van der Waals surface area contributed by atoms with Gasteiger partial charge in [0.25, 0.3) is 0 Å². The third-order valence-corrected chi connectivity index (χ3v) is 4.33. The first-order chi connectivity index (χ1) is 10.1. The van der Waals surface area contributed by atoms with Crippen molar-refractivity contribution in [1.29, 1.82) is 0 Å². The molecule has 0 radical (unpaired) electrons. The van der Waals surface area contributed by atoms with E-state index in [9.17, 15) is 9.59 Å². The first-order valence-electron chi connectivity index (χ1n) is 7.94. The van der Waals surface area contributed by atoms with Crippen LogP contribution < -0.4 is 5.32 Å². The zero-order valence-corrected chi connectivity index (χ0v) is 12.6. The molecule has 2 N–H and O–H groups in total. The lowest BCUT2D eigenvalue weighted by Crippen LogP contribution is -2.55. The SMILES string of the molecule is C=CCCCC(=O)NC1CC(N(CC(=O)O)CC2CC2)C1. The average Bonchev–Trinajstić information content (AvgIpc) is 3.16. The molecule has 0 spiro atoms. The number of allylic oxidation sites excluding steroid dienone is 1. The number of nitrogens with zero attached hydrogens (tertiary/aromatic N) is 1. The van der Waals surface area contributed by atoms with Gasteiger partial charge in [0.1, 0.15) is 0 Å². The van der Waals surface area contributed by atoms with E-state index in [1.165, 1.54) is 12.8 Å². The van der Waals surface area contributed by atoms with Crippen LogP contribution in [0.5, 0.6) is 0 Å². The number of hydrogen-bond donors (Lipinski definition) is 2. The summed E-state index contributed by atoms with van der Waals surface area (Å²) in [4.78, 5) is 24.7. The standard InChI is InChI=1S/C16H26N2O3/c1-2-3-4-5-15(19)17-13-8-14(9-13)18(11-16(20)21)10-12-6-7-12/h2,12-14H,1,3-11H2,(H,17,19)(H,20,21). The summed E-state index contributed by atoms with van der Waals surface area (Å²) in [5, 5.41) is 12.0. The molecule has 2 fully saturated rings. The fourth-order valence-corrected chi connectivity index (χ4v) is 2.86. The minimum atomic E-state index is -0.757. The number of carboxylic acid groups (broad SMARTS) is 1. The summed E-state index contributed by atoms with van der Waals surface area (Å²) >= 11 is 0. The van der Waals surface area contributed by atoms with Crippen LogP contribution in [0, 0.1) is 5.92 Å². The van der Waals surface area contributed by atoms with Crippen LogP contribution >= 0.6 is 0 Å². The topological polar surface area (TPSA) is 69.6 Å². The molecule has 0 aliphatic heterocycles. The molecule has 0 saturated heterocycles. The largest absolute Gasteiger partial charge is 0.480 e. The highest BCUT2D eigenvalue weighted by atomic mass is 16.4. The van der Waals surface area contributed by atoms with E-state index in [-0.39, 0.29) is 18.5 Å². The van der Waals surface area contributed by atoms with E-state index in [4.69, 9.17) is 5.11 Å². The fourth-order valence-electron chi connectivity index (χ4n) is 2.86. The van der Waals surface area contributed by atoms with E-state index in [1.54, 1.807) is 0 Å². The lowest BCUT2D eigenvalue weighted by atomic mass is 9.85. The normalized spacial score (nSPS) is 24.4. The van der Waals surface area contributed by atoms with Crippen LogP contribution in [0.4, 0.5) is 0 Å². The second kappa shape index (κ2) is 7.59. The highest BCUT2D eigenvalue weighted by Gasteiger charge is 2.37. The van der Waals surface area contributed by atoms with Crippen LogP contribution in [0.3, 0.4) is 0 Å². The molecule has 21 heavy (non-hydrogen) atoms. The Labute approximate surface area is 126 Å². The predicted octanol–water partition coefficient (Wildman–Crippen LogP) is 1.79. The predicted molar refractivity (Wildman–Crippen MR) is 80.9 cm³/mol. The molecule has 0 aromatic heterocycles. The molecule has 0 aromatic rings. The summed E-state index contributed by atoms with van der Waals surface area (Å²) in [6, 6.07) is 0.543. The van der Waals surface area contributed by atoms with Crippen LogP contribution in [0.25, 0.3) is 0 Å². The third kappa shape index (κ3) is 5.50. The molecule has 0 aromatic carbocycles. The Morgan fingerprint density at radius 3 is 2.62 bits per heavy atom. The highest BCUT2D eigenvalue weighted by molar-refractivity contribution is 5.76. The third-order valence-electron chi connectivity index (χ3n) is 4.33. The molecule has 1 amide bonds. The molecule has 2 rings (SSSR count). The Balaban J connectivity index is 1.66. The van der Waals surface area contributed by atoms with Crippen LogP contribution in [0.1, 0.15) is 44.9 Å². The number of nitrogens with one attached hydrogen (secondary N) is 1. The van der Waals surface area contributed by atoms with Gasteiger partial charge in [0, 0.05) is 25.0 Å². The first-order valence-corrected chi connectivity index (χ1v) is 7.94. The molecule has 0 heterocycles. The highest BCUT2D eigenvalue weighted by Crippen LogP contribution is 2.33. The Morgan fingerprint density at radius 2 is 2.05 bits per heavy atom. The number of unbranched alkanes of at least 4 members (excludes halogenated alkanes) is 1. The number of hydrogen-bond acceptors (Lipinski definition) is 3. The van der Waals surface area contributed by atoms with Gasteiger partial charge in [-0.15, -0.1) is 6.58 Å². The van der Waals surface area contributed by atoms with Gasteiger partial charge in [0.15, 0.2) is 0 Å². The van der Waals surface area contributed by atoms with Crippen molar-refractivity contribution in [3.05, 3.63) is 12.7 Å². The molecule has 0 unspecified atom stereocenters. The number of aliphatic carboxylic acids is 1. The molecule has 0 bridgehead atoms. The van der Waals surface area contributed by atoms with Crippen molar-refractivity contribution < 1.29 is 14.7 Å². The molecule has 2 saturated carbocycles. The first kappa shape index (κ1) is 16.0. The maximum atomic E-state index is 11.7. The van der Waals surface area contributed by atoms with Crippen molar-refractivity contribution in [2.75, 3.05) is 13.1 Å². The van der Waals surface area contributed by atoms with Gasteiger partial charge in [-0.1, -0.05) is 6.08 Å².